The second kappa shape index (κ2) is 39.2. The zero-order valence-electron chi connectivity index (χ0n) is 38.1. The van der Waals surface area contributed by atoms with Crippen LogP contribution in [0.2, 0.25) is 0 Å². The van der Waals surface area contributed by atoms with Crippen LogP contribution in [-0.4, -0.2) is 97.3 Å². The molecule has 4 atom stereocenters. The Morgan fingerprint density at radius 2 is 1.20 bits per heavy atom. The van der Waals surface area contributed by atoms with Crippen molar-refractivity contribution >= 4 is 19.8 Å². The van der Waals surface area contributed by atoms with Gasteiger partial charge in [-0.15, -0.1) is 0 Å². The van der Waals surface area contributed by atoms with Gasteiger partial charge in [0.2, 0.25) is 0 Å². The summed E-state index contributed by atoms with van der Waals surface area (Å²) in [6.07, 6.45) is 41.7. The molecule has 12 heteroatoms. The molecule has 346 valence electrons. The number of unbranched alkanes of at least 4 members (excludes halogenated alkanes) is 15. The summed E-state index contributed by atoms with van der Waals surface area (Å²) in [6.45, 7) is 4.00. The first kappa shape index (κ1) is 57.4. The molecule has 0 aromatic carbocycles. The molecule has 0 amide bonds. The van der Waals surface area contributed by atoms with Gasteiger partial charge in [-0.3, -0.25) is 18.6 Å². The number of nitrogens with zero attached hydrogens (tertiary/aromatic N) is 1. The van der Waals surface area contributed by atoms with Gasteiger partial charge in [-0.1, -0.05) is 177 Å². The zero-order valence-corrected chi connectivity index (χ0v) is 39.0. The van der Waals surface area contributed by atoms with Crippen molar-refractivity contribution in [3.63, 3.8) is 0 Å². The van der Waals surface area contributed by atoms with E-state index in [-0.39, 0.29) is 26.1 Å². The Labute approximate surface area is 364 Å². The second-order valence-electron chi connectivity index (χ2n) is 16.5. The third-order valence-corrected chi connectivity index (χ3v) is 10.4. The molecule has 0 aliphatic carbocycles. The second-order valence-corrected chi connectivity index (χ2v) is 17.9. The summed E-state index contributed by atoms with van der Waals surface area (Å²) in [5, 5.41) is 20.0. The van der Waals surface area contributed by atoms with Gasteiger partial charge in [0, 0.05) is 12.8 Å². The average molecular weight is 867 g/mol. The van der Waals surface area contributed by atoms with Gasteiger partial charge in [-0.25, -0.2) is 4.57 Å². The first-order valence-electron chi connectivity index (χ1n) is 22.9. The van der Waals surface area contributed by atoms with Gasteiger partial charge in [-0.05, 0) is 38.5 Å². The maximum Gasteiger partial charge on any atom is 0.472 e. The first-order valence-corrected chi connectivity index (χ1v) is 24.4. The Morgan fingerprint density at radius 1 is 0.633 bits per heavy atom. The van der Waals surface area contributed by atoms with E-state index >= 15 is 0 Å². The average Bonchev–Trinajstić information content (AvgIpc) is 3.19. The van der Waals surface area contributed by atoms with Crippen molar-refractivity contribution in [3.05, 3.63) is 72.9 Å². The van der Waals surface area contributed by atoms with Crippen LogP contribution in [0.5, 0.6) is 0 Å². The van der Waals surface area contributed by atoms with Crippen LogP contribution in [0.25, 0.3) is 0 Å². The monoisotopic (exact) mass is 867 g/mol. The van der Waals surface area contributed by atoms with Crippen LogP contribution in [0.15, 0.2) is 72.9 Å². The molecular formula is C48H85NO10P+. The number of esters is 2. The minimum Gasteiger partial charge on any atom is -0.462 e. The van der Waals surface area contributed by atoms with Crippen LogP contribution in [0.1, 0.15) is 155 Å². The van der Waals surface area contributed by atoms with E-state index in [1.165, 1.54) is 70.6 Å². The number of carbonyl (C=O) groups excluding carboxylic acids is 2. The van der Waals surface area contributed by atoms with E-state index in [0.29, 0.717) is 43.1 Å². The Kier molecular flexibility index (Phi) is 37.5. The Bertz CT molecular complexity index is 1290. The molecule has 0 aromatic heterocycles. The number of hydrogen-bond donors (Lipinski definition) is 3. The van der Waals surface area contributed by atoms with Crippen molar-refractivity contribution in [2.24, 2.45) is 0 Å². The van der Waals surface area contributed by atoms with Crippen LogP contribution in [-0.2, 0) is 32.7 Å². The summed E-state index contributed by atoms with van der Waals surface area (Å²) in [5.41, 5.74) is 0. The smallest absolute Gasteiger partial charge is 0.462 e. The number of hydrogen-bond acceptors (Lipinski definition) is 9. The molecule has 0 saturated carbocycles. The van der Waals surface area contributed by atoms with E-state index in [0.717, 1.165) is 25.7 Å². The fourth-order valence-electron chi connectivity index (χ4n) is 5.81. The largest absolute Gasteiger partial charge is 0.472 e. The standard InChI is InChI=1S/C48H84NO10P/c1-6-8-10-11-12-13-14-15-16-17-18-19-23-26-32-39-48(53)59-46(43-58-60(54,55)57-41-40-49(3,4)5)42-56-47(52)38-33-27-31-37-45(51)36-30-25-22-20-21-24-29-35-44(50)34-28-9-7-2/h9,21-22,24-25,28-31,35-37,44-46,50-51H,6-8,10-20,23,26-27,32-34,38-43H2,1-5H3/p+1/b24-21-,25-22-,28-9-,35-29+,36-30+,37-31-/t44-,45-,46-/m1/s1. The number of ether oxygens (including phenoxy) is 2. The molecule has 0 bridgehead atoms. The predicted molar refractivity (Wildman–Crippen MR) is 245 cm³/mol. The van der Waals surface area contributed by atoms with Crippen LogP contribution in [0.3, 0.4) is 0 Å². The number of quaternary nitrogens is 1. The number of carbonyl (C=O) groups is 2. The third-order valence-electron chi connectivity index (χ3n) is 9.43. The Hall–Kier alpha value is -2.63. The Balaban J connectivity index is 4.58. The van der Waals surface area contributed by atoms with Gasteiger partial charge in [0.25, 0.3) is 0 Å². The SMILES string of the molecule is CC/C=C\C[C@@H](O)/C=C/C=C\C/C=C\C=C\[C@@H](O)/C=C\CCCC(=O)OC[C@H](COP(=O)(O)OCC[N+](C)(C)C)OC(=O)CCCCCCCCCCCCCCCCC. The molecule has 0 saturated heterocycles. The quantitative estimate of drug-likeness (QED) is 0.0136. The van der Waals surface area contributed by atoms with Crippen LogP contribution >= 0.6 is 7.82 Å². The van der Waals surface area contributed by atoms with Crippen molar-refractivity contribution in [1.82, 2.24) is 0 Å². The van der Waals surface area contributed by atoms with E-state index in [1.54, 1.807) is 30.4 Å². The molecule has 0 aliphatic rings. The highest BCUT2D eigenvalue weighted by Gasteiger charge is 2.27. The van der Waals surface area contributed by atoms with Gasteiger partial charge >= 0.3 is 19.8 Å². The summed E-state index contributed by atoms with van der Waals surface area (Å²) >= 11 is 0. The fourth-order valence-corrected chi connectivity index (χ4v) is 6.55. The number of allylic oxidation sites excluding steroid dienone is 8. The lowest BCUT2D eigenvalue weighted by molar-refractivity contribution is -0.870. The number of aliphatic hydroxyl groups excluding tert-OH is 2. The van der Waals surface area contributed by atoms with Gasteiger partial charge in [-0.2, -0.15) is 0 Å². The zero-order chi connectivity index (χ0) is 44.6. The highest BCUT2D eigenvalue weighted by Crippen LogP contribution is 2.43. The lowest BCUT2D eigenvalue weighted by Gasteiger charge is -2.24. The van der Waals surface area contributed by atoms with Crippen molar-refractivity contribution in [1.29, 1.82) is 0 Å². The number of likely N-dealkylation sites (N-methyl/N-ethyl adjacent to an activating group) is 1. The minimum absolute atomic E-state index is 0.00360. The summed E-state index contributed by atoms with van der Waals surface area (Å²) in [4.78, 5) is 35.4. The predicted octanol–water partition coefficient (Wildman–Crippen LogP) is 11.0. The summed E-state index contributed by atoms with van der Waals surface area (Å²) in [5.74, 6) is -0.984. The summed E-state index contributed by atoms with van der Waals surface area (Å²) < 4.78 is 34.2. The van der Waals surface area contributed by atoms with E-state index in [9.17, 15) is 29.3 Å². The Morgan fingerprint density at radius 3 is 1.78 bits per heavy atom. The van der Waals surface area contributed by atoms with Crippen molar-refractivity contribution in [3.8, 4) is 0 Å². The number of phosphoric ester groups is 1. The molecule has 0 aliphatic heterocycles. The third kappa shape index (κ3) is 42.1. The fraction of sp³-hybridized carbons (Fsp3) is 0.708. The minimum atomic E-state index is -4.43. The lowest BCUT2D eigenvalue weighted by Crippen LogP contribution is -2.37. The van der Waals surface area contributed by atoms with E-state index < -0.39 is 44.7 Å². The molecule has 0 radical (unpaired) electrons. The number of phosphoric acid groups is 1. The molecule has 11 nitrogen and oxygen atoms in total. The molecule has 0 aromatic rings. The molecular weight excluding hydrogens is 781 g/mol. The van der Waals surface area contributed by atoms with Crippen LogP contribution in [0, 0.1) is 0 Å². The maximum atomic E-state index is 12.7. The maximum absolute atomic E-state index is 12.7. The van der Waals surface area contributed by atoms with Crippen molar-refractivity contribution in [2.45, 2.75) is 173 Å². The highest BCUT2D eigenvalue weighted by atomic mass is 31.2. The van der Waals surface area contributed by atoms with Gasteiger partial charge in [0.05, 0.1) is 40.0 Å². The van der Waals surface area contributed by atoms with E-state index in [2.05, 4.69) is 13.8 Å². The molecule has 60 heavy (non-hydrogen) atoms. The molecule has 0 heterocycles. The molecule has 0 spiro atoms. The number of aliphatic hydroxyl groups is 2. The highest BCUT2D eigenvalue weighted by molar-refractivity contribution is 7.47. The molecule has 3 N–H and O–H groups in total. The molecule has 1 unspecified atom stereocenters. The summed E-state index contributed by atoms with van der Waals surface area (Å²) in [6, 6.07) is 0. The molecule has 0 fully saturated rings. The van der Waals surface area contributed by atoms with E-state index in [4.69, 9.17) is 18.5 Å². The van der Waals surface area contributed by atoms with E-state index in [1.807, 2.05) is 63.7 Å². The summed E-state index contributed by atoms with van der Waals surface area (Å²) in [7, 11) is 1.36. The number of rotatable bonds is 40. The first-order chi connectivity index (χ1) is 28.8. The lowest BCUT2D eigenvalue weighted by atomic mass is 10.0. The topological polar surface area (TPSA) is 149 Å². The van der Waals surface area contributed by atoms with Crippen LogP contribution < -0.4 is 0 Å². The van der Waals surface area contributed by atoms with Crippen molar-refractivity contribution < 1.29 is 52.3 Å². The van der Waals surface area contributed by atoms with Gasteiger partial charge in [0.1, 0.15) is 19.8 Å². The van der Waals surface area contributed by atoms with Crippen molar-refractivity contribution in [2.75, 3.05) is 47.5 Å². The molecule has 0 rings (SSSR count). The normalized spacial score (nSPS) is 15.3. The van der Waals surface area contributed by atoms with Gasteiger partial charge < -0.3 is 29.1 Å². The van der Waals surface area contributed by atoms with Crippen LogP contribution in [0.4, 0.5) is 0 Å². The van der Waals surface area contributed by atoms with Gasteiger partial charge in [0.15, 0.2) is 6.10 Å².